The fraction of sp³-hybridized carbons (Fsp3) is 0.667. The molecule has 0 spiro atoms. The van der Waals surface area contributed by atoms with Gasteiger partial charge >= 0.3 is 0 Å². The maximum Gasteiger partial charge on any atom is 0.150 e. The summed E-state index contributed by atoms with van der Waals surface area (Å²) < 4.78 is 5.04. The Kier molecular flexibility index (Phi) is 2.13. The molecule has 3 heteroatoms. The highest BCUT2D eigenvalue weighted by molar-refractivity contribution is 4.93. The van der Waals surface area contributed by atoms with Crippen LogP contribution in [0.4, 0.5) is 0 Å². The highest BCUT2D eigenvalue weighted by atomic mass is 16.5. The van der Waals surface area contributed by atoms with Gasteiger partial charge in [-0.1, -0.05) is 12.1 Å². The molecule has 1 atom stereocenters. The monoisotopic (exact) mass is 166 g/mol. The van der Waals surface area contributed by atoms with Crippen molar-refractivity contribution < 1.29 is 4.52 Å². The zero-order chi connectivity index (χ0) is 8.39. The van der Waals surface area contributed by atoms with Crippen molar-refractivity contribution in [3.05, 3.63) is 18.0 Å². The highest BCUT2D eigenvalue weighted by Crippen LogP contribution is 2.17. The van der Waals surface area contributed by atoms with Gasteiger partial charge in [0.1, 0.15) is 0 Å². The van der Waals surface area contributed by atoms with Gasteiger partial charge in [0.05, 0.1) is 12.7 Å². The van der Waals surface area contributed by atoms with E-state index in [4.69, 9.17) is 4.52 Å². The quantitative estimate of drug-likeness (QED) is 0.667. The maximum atomic E-state index is 5.04. The number of rotatable bonds is 2. The Bertz CT molecular complexity index is 233. The van der Waals surface area contributed by atoms with E-state index in [2.05, 4.69) is 17.0 Å². The van der Waals surface area contributed by atoms with E-state index >= 15 is 0 Å². The fourth-order valence-corrected chi connectivity index (χ4v) is 1.71. The third kappa shape index (κ3) is 1.67. The van der Waals surface area contributed by atoms with Gasteiger partial charge in [-0.05, 0) is 18.9 Å². The minimum Gasteiger partial charge on any atom is -0.360 e. The van der Waals surface area contributed by atoms with Crippen molar-refractivity contribution in [1.29, 1.82) is 0 Å². The van der Waals surface area contributed by atoms with Crippen molar-refractivity contribution in [2.75, 3.05) is 13.1 Å². The smallest absolute Gasteiger partial charge is 0.150 e. The Labute approximate surface area is 72.3 Å². The van der Waals surface area contributed by atoms with Crippen LogP contribution in [0, 0.1) is 5.92 Å². The van der Waals surface area contributed by atoms with Crippen LogP contribution in [0.3, 0.4) is 0 Å². The molecule has 0 amide bonds. The molecule has 66 valence electrons. The minimum atomic E-state index is 0.841. The molecule has 1 fully saturated rings. The highest BCUT2D eigenvalue weighted by Gasteiger charge is 2.19. The van der Waals surface area contributed by atoms with E-state index in [9.17, 15) is 0 Å². The first-order valence-electron chi connectivity index (χ1n) is 4.46. The van der Waals surface area contributed by atoms with Crippen LogP contribution in [0.25, 0.3) is 0 Å². The summed E-state index contributed by atoms with van der Waals surface area (Å²) in [6.07, 6.45) is 3.02. The number of hydrogen-bond acceptors (Lipinski definition) is 3. The van der Waals surface area contributed by atoms with Crippen LogP contribution in [0.2, 0.25) is 0 Å². The molecular weight excluding hydrogens is 152 g/mol. The maximum absolute atomic E-state index is 5.04. The molecule has 1 unspecified atom stereocenters. The SMILES string of the molecule is CC1CCN(Cc2ccno2)C1. The van der Waals surface area contributed by atoms with Gasteiger partial charge in [0.2, 0.25) is 0 Å². The van der Waals surface area contributed by atoms with Crippen LogP contribution in [0.1, 0.15) is 19.1 Å². The minimum absolute atomic E-state index is 0.841. The topological polar surface area (TPSA) is 29.3 Å². The second kappa shape index (κ2) is 3.27. The lowest BCUT2D eigenvalue weighted by Crippen LogP contribution is -2.19. The lowest BCUT2D eigenvalue weighted by molar-refractivity contribution is 0.268. The lowest BCUT2D eigenvalue weighted by atomic mass is 10.2. The van der Waals surface area contributed by atoms with Crippen molar-refractivity contribution in [1.82, 2.24) is 10.1 Å². The van der Waals surface area contributed by atoms with Crippen molar-refractivity contribution in [3.8, 4) is 0 Å². The summed E-state index contributed by atoms with van der Waals surface area (Å²) in [7, 11) is 0. The van der Waals surface area contributed by atoms with Gasteiger partial charge in [-0.25, -0.2) is 0 Å². The fourth-order valence-electron chi connectivity index (χ4n) is 1.71. The average molecular weight is 166 g/mol. The summed E-state index contributed by atoms with van der Waals surface area (Å²) in [6.45, 7) is 5.60. The molecule has 2 heterocycles. The predicted molar refractivity (Wildman–Crippen MR) is 45.6 cm³/mol. The number of nitrogens with zero attached hydrogens (tertiary/aromatic N) is 2. The Morgan fingerprint density at radius 1 is 1.75 bits per heavy atom. The first-order chi connectivity index (χ1) is 5.84. The van der Waals surface area contributed by atoms with Gasteiger partial charge in [0.15, 0.2) is 5.76 Å². The standard InChI is InChI=1S/C9H14N2O/c1-8-3-5-11(6-8)7-9-2-4-10-12-9/h2,4,8H,3,5-7H2,1H3. The molecule has 1 aromatic heterocycles. The van der Waals surface area contributed by atoms with E-state index in [1.165, 1.54) is 19.5 Å². The second-order valence-corrected chi connectivity index (χ2v) is 3.61. The third-order valence-corrected chi connectivity index (χ3v) is 2.38. The van der Waals surface area contributed by atoms with Crippen LogP contribution in [-0.4, -0.2) is 23.1 Å². The Morgan fingerprint density at radius 3 is 3.25 bits per heavy atom. The molecule has 1 saturated heterocycles. The second-order valence-electron chi connectivity index (χ2n) is 3.61. The first kappa shape index (κ1) is 7.80. The molecule has 0 radical (unpaired) electrons. The van der Waals surface area contributed by atoms with Crippen molar-refractivity contribution >= 4 is 0 Å². The number of aromatic nitrogens is 1. The van der Waals surface area contributed by atoms with Crippen molar-refractivity contribution in [2.45, 2.75) is 19.9 Å². The van der Waals surface area contributed by atoms with Crippen LogP contribution in [0.5, 0.6) is 0 Å². The first-order valence-corrected chi connectivity index (χ1v) is 4.46. The summed E-state index contributed by atoms with van der Waals surface area (Å²) >= 11 is 0. The summed E-state index contributed by atoms with van der Waals surface area (Å²) in [4.78, 5) is 2.41. The van der Waals surface area contributed by atoms with E-state index in [-0.39, 0.29) is 0 Å². The predicted octanol–water partition coefficient (Wildman–Crippen LogP) is 1.52. The van der Waals surface area contributed by atoms with E-state index in [0.29, 0.717) is 0 Å². The Morgan fingerprint density at radius 2 is 2.67 bits per heavy atom. The molecule has 2 rings (SSSR count). The van der Waals surface area contributed by atoms with Crippen molar-refractivity contribution in [3.63, 3.8) is 0 Å². The van der Waals surface area contributed by atoms with E-state index in [0.717, 1.165) is 18.2 Å². The van der Waals surface area contributed by atoms with Crippen molar-refractivity contribution in [2.24, 2.45) is 5.92 Å². The summed E-state index contributed by atoms with van der Waals surface area (Å²) in [5, 5.41) is 3.68. The van der Waals surface area contributed by atoms with Crippen LogP contribution in [-0.2, 0) is 6.54 Å². The zero-order valence-corrected chi connectivity index (χ0v) is 7.36. The van der Waals surface area contributed by atoms with Gasteiger partial charge in [-0.3, -0.25) is 4.90 Å². The molecule has 0 bridgehead atoms. The third-order valence-electron chi connectivity index (χ3n) is 2.38. The molecule has 0 aromatic carbocycles. The zero-order valence-electron chi connectivity index (χ0n) is 7.36. The van der Waals surface area contributed by atoms with Gasteiger partial charge in [0, 0.05) is 12.6 Å². The summed E-state index contributed by atoms with van der Waals surface area (Å²) in [5.41, 5.74) is 0. The Balaban J connectivity index is 1.88. The van der Waals surface area contributed by atoms with Gasteiger partial charge < -0.3 is 4.52 Å². The normalized spacial score (nSPS) is 24.9. The molecule has 0 N–H and O–H groups in total. The van der Waals surface area contributed by atoms with E-state index in [1.54, 1.807) is 6.20 Å². The number of likely N-dealkylation sites (tertiary alicyclic amines) is 1. The molecule has 0 aliphatic carbocycles. The largest absolute Gasteiger partial charge is 0.360 e. The van der Waals surface area contributed by atoms with Gasteiger partial charge in [0.25, 0.3) is 0 Å². The molecule has 1 aliphatic heterocycles. The molecule has 1 aliphatic rings. The molecule has 1 aromatic rings. The average Bonchev–Trinajstić information content (AvgIpc) is 2.63. The van der Waals surface area contributed by atoms with Crippen LogP contribution in [0.15, 0.2) is 16.8 Å². The van der Waals surface area contributed by atoms with Crippen LogP contribution >= 0.6 is 0 Å². The van der Waals surface area contributed by atoms with E-state index in [1.807, 2.05) is 6.07 Å². The van der Waals surface area contributed by atoms with E-state index < -0.39 is 0 Å². The molecule has 0 saturated carbocycles. The molecular formula is C9H14N2O. The summed E-state index contributed by atoms with van der Waals surface area (Å²) in [5.74, 6) is 1.82. The van der Waals surface area contributed by atoms with Gasteiger partial charge in [-0.2, -0.15) is 0 Å². The molecule has 12 heavy (non-hydrogen) atoms. The molecule has 3 nitrogen and oxygen atoms in total. The summed E-state index contributed by atoms with van der Waals surface area (Å²) in [6, 6.07) is 1.93. The van der Waals surface area contributed by atoms with Gasteiger partial charge in [-0.15, -0.1) is 0 Å². The number of hydrogen-bond donors (Lipinski definition) is 0. The van der Waals surface area contributed by atoms with Crippen LogP contribution < -0.4 is 0 Å². The Hall–Kier alpha value is -0.830. The lowest BCUT2D eigenvalue weighted by Gasteiger charge is -2.11.